The number of ether oxygens (including phenoxy) is 1. The summed E-state index contributed by atoms with van der Waals surface area (Å²) in [5, 5.41) is 6.24. The Bertz CT molecular complexity index is 1440. The van der Waals surface area contributed by atoms with Crippen LogP contribution in [-0.2, 0) is 13.0 Å². The third-order valence-electron chi connectivity index (χ3n) is 4.85. The van der Waals surface area contributed by atoms with Crippen molar-refractivity contribution in [3.63, 3.8) is 0 Å². The number of aromatic nitrogens is 2. The maximum atomic E-state index is 13.0. The van der Waals surface area contributed by atoms with E-state index in [1.165, 1.54) is 4.68 Å². The van der Waals surface area contributed by atoms with Gasteiger partial charge in [0.25, 0.3) is 5.56 Å². The smallest absolute Gasteiger partial charge is 0.282 e. The van der Waals surface area contributed by atoms with Gasteiger partial charge in [0.2, 0.25) is 0 Å². The fraction of sp³-hybridized carbons (Fsp3) is 0.125. The van der Waals surface area contributed by atoms with Crippen molar-refractivity contribution in [1.82, 2.24) is 9.66 Å². The van der Waals surface area contributed by atoms with E-state index in [-0.39, 0.29) is 12.2 Å². The van der Waals surface area contributed by atoms with E-state index in [0.29, 0.717) is 49.5 Å². The first-order chi connectivity index (χ1) is 15.9. The fourth-order valence-electron chi connectivity index (χ4n) is 3.17. The lowest BCUT2D eigenvalue weighted by Crippen LogP contribution is -2.22. The minimum atomic E-state index is -0.234. The Balaban J connectivity index is 1.57. The molecule has 4 rings (SSSR count). The van der Waals surface area contributed by atoms with E-state index in [1.807, 2.05) is 25.1 Å². The Morgan fingerprint density at radius 2 is 1.85 bits per heavy atom. The van der Waals surface area contributed by atoms with E-state index in [0.717, 1.165) is 10.0 Å². The molecule has 0 saturated carbocycles. The number of rotatable bonds is 6. The summed E-state index contributed by atoms with van der Waals surface area (Å²) in [6.07, 6.45) is 2.13. The molecule has 0 aliphatic rings. The number of halogens is 4. The minimum Gasteiger partial charge on any atom is -0.487 e. The van der Waals surface area contributed by atoms with Gasteiger partial charge < -0.3 is 4.74 Å². The summed E-state index contributed by atoms with van der Waals surface area (Å²) in [5.74, 6) is 1.09. The van der Waals surface area contributed by atoms with Crippen molar-refractivity contribution in [3.05, 3.63) is 101 Å². The maximum Gasteiger partial charge on any atom is 0.282 e. The highest BCUT2D eigenvalue weighted by Crippen LogP contribution is 2.27. The van der Waals surface area contributed by atoms with Crippen LogP contribution in [0.4, 0.5) is 0 Å². The highest BCUT2D eigenvalue weighted by Gasteiger charge is 2.10. The van der Waals surface area contributed by atoms with Gasteiger partial charge in [-0.15, -0.1) is 0 Å². The van der Waals surface area contributed by atoms with Crippen molar-refractivity contribution < 1.29 is 4.74 Å². The average molecular weight is 566 g/mol. The van der Waals surface area contributed by atoms with Gasteiger partial charge in [-0.2, -0.15) is 9.78 Å². The van der Waals surface area contributed by atoms with Gasteiger partial charge >= 0.3 is 0 Å². The first-order valence-corrected chi connectivity index (χ1v) is 11.9. The number of nitrogens with zero attached hydrogens (tertiary/aromatic N) is 3. The molecule has 168 valence electrons. The Kier molecular flexibility index (Phi) is 7.39. The Hall–Kier alpha value is -2.38. The standard InChI is InChI=1S/C24H17BrCl3N3O2/c1-2-23-30-21-7-5-16(25)11-17(21)24(32)31(23)29-12-14-4-8-22(20(28)9-14)33-13-15-3-6-18(26)19(27)10-15/h3-12H,2,13H2,1H3. The maximum absolute atomic E-state index is 13.0. The quantitative estimate of drug-likeness (QED) is 0.234. The van der Waals surface area contributed by atoms with E-state index in [9.17, 15) is 4.79 Å². The zero-order valence-corrected chi connectivity index (χ0v) is 21.2. The Labute approximate surface area is 213 Å². The average Bonchev–Trinajstić information content (AvgIpc) is 2.80. The van der Waals surface area contributed by atoms with Crippen LogP contribution < -0.4 is 10.3 Å². The van der Waals surface area contributed by atoms with E-state index in [4.69, 9.17) is 39.5 Å². The van der Waals surface area contributed by atoms with Crippen molar-refractivity contribution >= 4 is 67.9 Å². The van der Waals surface area contributed by atoms with Gasteiger partial charge in [0.15, 0.2) is 0 Å². The van der Waals surface area contributed by atoms with Crippen LogP contribution >= 0.6 is 50.7 Å². The molecular formula is C24H17BrCl3N3O2. The zero-order valence-electron chi connectivity index (χ0n) is 17.4. The molecule has 0 bridgehead atoms. The number of hydrogen-bond donors (Lipinski definition) is 0. The van der Waals surface area contributed by atoms with Gasteiger partial charge in [-0.05, 0) is 59.7 Å². The number of benzene rings is 3. The molecular weight excluding hydrogens is 549 g/mol. The van der Waals surface area contributed by atoms with E-state index in [1.54, 1.807) is 42.6 Å². The van der Waals surface area contributed by atoms with Crippen LogP contribution in [0.25, 0.3) is 10.9 Å². The second kappa shape index (κ2) is 10.3. The predicted octanol–water partition coefficient (Wildman–Crippen LogP) is 7.14. The molecule has 0 N–H and O–H groups in total. The largest absolute Gasteiger partial charge is 0.487 e. The summed E-state index contributed by atoms with van der Waals surface area (Å²) in [7, 11) is 0. The van der Waals surface area contributed by atoms with Crippen LogP contribution in [0.5, 0.6) is 5.75 Å². The molecule has 0 atom stereocenters. The molecule has 0 fully saturated rings. The lowest BCUT2D eigenvalue weighted by atomic mass is 10.2. The minimum absolute atomic E-state index is 0.234. The molecule has 0 spiro atoms. The van der Waals surface area contributed by atoms with Crippen molar-refractivity contribution in [2.24, 2.45) is 5.10 Å². The van der Waals surface area contributed by atoms with Gasteiger partial charge in [-0.25, -0.2) is 4.98 Å². The highest BCUT2D eigenvalue weighted by molar-refractivity contribution is 9.10. The molecule has 5 nitrogen and oxygen atoms in total. The van der Waals surface area contributed by atoms with E-state index >= 15 is 0 Å². The SMILES string of the molecule is CCc1nc2ccc(Br)cc2c(=O)n1N=Cc1ccc(OCc2ccc(Cl)c(Cl)c2)c(Cl)c1. The van der Waals surface area contributed by atoms with Crippen molar-refractivity contribution in [2.45, 2.75) is 20.0 Å². The van der Waals surface area contributed by atoms with Crippen LogP contribution in [0, 0.1) is 0 Å². The summed E-state index contributed by atoms with van der Waals surface area (Å²) >= 11 is 21.8. The van der Waals surface area contributed by atoms with Crippen molar-refractivity contribution in [2.75, 3.05) is 0 Å². The Morgan fingerprint density at radius 1 is 1.03 bits per heavy atom. The molecule has 4 aromatic rings. The molecule has 33 heavy (non-hydrogen) atoms. The van der Waals surface area contributed by atoms with Crippen molar-refractivity contribution in [1.29, 1.82) is 0 Å². The van der Waals surface area contributed by atoms with Crippen LogP contribution in [0.2, 0.25) is 15.1 Å². The molecule has 0 amide bonds. The lowest BCUT2D eigenvalue weighted by molar-refractivity contribution is 0.306. The molecule has 1 aromatic heterocycles. The number of fused-ring (bicyclic) bond motifs is 1. The molecule has 0 aliphatic carbocycles. The number of hydrogen-bond acceptors (Lipinski definition) is 4. The third-order valence-corrected chi connectivity index (χ3v) is 6.38. The summed E-state index contributed by atoms with van der Waals surface area (Å²) < 4.78 is 7.92. The normalized spacial score (nSPS) is 11.4. The molecule has 1 heterocycles. The first-order valence-electron chi connectivity index (χ1n) is 9.97. The fourth-order valence-corrected chi connectivity index (χ4v) is 4.10. The van der Waals surface area contributed by atoms with Crippen LogP contribution in [-0.4, -0.2) is 15.9 Å². The van der Waals surface area contributed by atoms with Crippen LogP contribution in [0.3, 0.4) is 0 Å². The third kappa shape index (κ3) is 5.41. The molecule has 0 radical (unpaired) electrons. The molecule has 0 aliphatic heterocycles. The predicted molar refractivity (Wildman–Crippen MR) is 138 cm³/mol. The van der Waals surface area contributed by atoms with Gasteiger partial charge in [-0.3, -0.25) is 4.79 Å². The van der Waals surface area contributed by atoms with Gasteiger partial charge in [-0.1, -0.05) is 63.7 Å². The second-order valence-electron chi connectivity index (χ2n) is 7.13. The van der Waals surface area contributed by atoms with Crippen molar-refractivity contribution in [3.8, 4) is 5.75 Å². The highest BCUT2D eigenvalue weighted by atomic mass is 79.9. The zero-order chi connectivity index (χ0) is 23.5. The molecule has 3 aromatic carbocycles. The van der Waals surface area contributed by atoms with Crippen LogP contribution in [0.15, 0.2) is 69.0 Å². The monoisotopic (exact) mass is 563 g/mol. The second-order valence-corrected chi connectivity index (χ2v) is 9.27. The van der Waals surface area contributed by atoms with E-state index < -0.39 is 0 Å². The van der Waals surface area contributed by atoms with Gasteiger partial charge in [0, 0.05) is 10.9 Å². The van der Waals surface area contributed by atoms with Gasteiger partial charge in [0.05, 0.1) is 32.2 Å². The lowest BCUT2D eigenvalue weighted by Gasteiger charge is -2.10. The molecule has 9 heteroatoms. The van der Waals surface area contributed by atoms with Gasteiger partial charge in [0.1, 0.15) is 18.2 Å². The first kappa shape index (κ1) is 23.8. The molecule has 0 saturated heterocycles. The summed E-state index contributed by atoms with van der Waals surface area (Å²) in [4.78, 5) is 17.6. The molecule has 0 unspecified atom stereocenters. The van der Waals surface area contributed by atoms with Crippen LogP contribution in [0.1, 0.15) is 23.9 Å². The Morgan fingerprint density at radius 3 is 2.58 bits per heavy atom. The summed E-state index contributed by atoms with van der Waals surface area (Å²) in [5.41, 5.74) is 1.98. The number of aryl methyl sites for hydroxylation is 1. The summed E-state index contributed by atoms with van der Waals surface area (Å²) in [6.45, 7) is 2.22. The topological polar surface area (TPSA) is 56.5 Å². The summed E-state index contributed by atoms with van der Waals surface area (Å²) in [6, 6.07) is 16.0. The van der Waals surface area contributed by atoms with E-state index in [2.05, 4.69) is 26.0 Å².